The van der Waals surface area contributed by atoms with E-state index in [1.807, 2.05) is 41.1 Å². The lowest BCUT2D eigenvalue weighted by Gasteiger charge is -2.11. The van der Waals surface area contributed by atoms with Crippen molar-refractivity contribution in [1.29, 1.82) is 0 Å². The maximum Gasteiger partial charge on any atom is 0.308 e. The van der Waals surface area contributed by atoms with Gasteiger partial charge < -0.3 is 4.57 Å². The summed E-state index contributed by atoms with van der Waals surface area (Å²) < 4.78 is 33.3. The molecule has 0 bridgehead atoms. The van der Waals surface area contributed by atoms with Crippen LogP contribution in [0.1, 0.15) is 56.7 Å². The van der Waals surface area contributed by atoms with Crippen LogP contribution in [-0.2, 0) is 18.9 Å². The van der Waals surface area contributed by atoms with Crippen molar-refractivity contribution in [3.8, 4) is 17.2 Å². The van der Waals surface area contributed by atoms with Gasteiger partial charge in [0.05, 0.1) is 6.54 Å². The molecule has 3 aromatic heterocycles. The maximum absolute atomic E-state index is 14.4. The molecule has 1 aromatic carbocycles. The quantitative estimate of drug-likeness (QED) is 0.307. The van der Waals surface area contributed by atoms with Crippen molar-refractivity contribution in [1.82, 2.24) is 40.0 Å². The number of H-pyrrole nitrogens is 1. The van der Waals surface area contributed by atoms with Crippen LogP contribution in [0.3, 0.4) is 0 Å². The first-order valence-electron chi connectivity index (χ1n) is 10.9. The second-order valence-corrected chi connectivity index (χ2v) is 8.72. The molecule has 0 saturated carbocycles. The smallest absolute Gasteiger partial charge is 0.308 e. The van der Waals surface area contributed by atoms with E-state index < -0.39 is 5.92 Å². The summed E-state index contributed by atoms with van der Waals surface area (Å²) in [4.78, 5) is 4.21. The number of aromatic amines is 1. The molecule has 0 fully saturated rings. The highest BCUT2D eigenvalue weighted by Gasteiger charge is 2.36. The predicted octanol–water partition coefficient (Wildman–Crippen LogP) is 5.29. The van der Waals surface area contributed by atoms with Crippen molar-refractivity contribution in [2.75, 3.05) is 0 Å². The van der Waals surface area contributed by atoms with Gasteiger partial charge in [0.25, 0.3) is 0 Å². The van der Waals surface area contributed by atoms with E-state index >= 15 is 0 Å². The van der Waals surface area contributed by atoms with Gasteiger partial charge in [0.1, 0.15) is 11.5 Å². The normalized spacial score (nSPS) is 11.9. The monoisotopic (exact) mass is 518 g/mol. The summed E-state index contributed by atoms with van der Waals surface area (Å²) in [6.45, 7) is 4.18. The number of aromatic nitrogens is 8. The minimum atomic E-state index is -3.02. The molecule has 4 aromatic rings. The highest BCUT2D eigenvalue weighted by Crippen LogP contribution is 2.31. The van der Waals surface area contributed by atoms with Crippen molar-refractivity contribution in [3.05, 3.63) is 58.2 Å². The SMILES string of the molecule is CCCCc1nc(C(F)(F)CCC)nn1Cc1ccc(-n2ccc(Br)c2-c2nnn[nH]2)cc1. The van der Waals surface area contributed by atoms with Crippen molar-refractivity contribution < 1.29 is 8.78 Å². The van der Waals surface area contributed by atoms with Crippen molar-refractivity contribution >= 4 is 15.9 Å². The third-order valence-electron chi connectivity index (χ3n) is 5.35. The number of alkyl halides is 2. The van der Waals surface area contributed by atoms with Crippen molar-refractivity contribution in [3.63, 3.8) is 0 Å². The fourth-order valence-corrected chi connectivity index (χ4v) is 4.14. The molecule has 8 nitrogen and oxygen atoms in total. The van der Waals surface area contributed by atoms with Crippen LogP contribution in [-0.4, -0.2) is 40.0 Å². The molecule has 0 unspecified atom stereocenters. The molecule has 1 N–H and O–H groups in total. The van der Waals surface area contributed by atoms with E-state index in [2.05, 4.69) is 53.6 Å². The Kier molecular flexibility index (Phi) is 6.96. The summed E-state index contributed by atoms with van der Waals surface area (Å²) in [5.74, 6) is -2.26. The van der Waals surface area contributed by atoms with Crippen LogP contribution >= 0.6 is 15.9 Å². The Morgan fingerprint density at radius 1 is 1.09 bits per heavy atom. The van der Waals surface area contributed by atoms with Crippen LogP contribution in [0.15, 0.2) is 41.0 Å². The molecule has 33 heavy (non-hydrogen) atoms. The summed E-state index contributed by atoms with van der Waals surface area (Å²) >= 11 is 3.54. The Hall–Kier alpha value is -2.95. The average Bonchev–Trinajstić information content (AvgIpc) is 3.53. The van der Waals surface area contributed by atoms with Crippen LogP contribution < -0.4 is 0 Å². The number of hydrogen-bond acceptors (Lipinski definition) is 5. The number of halogens is 3. The first kappa shape index (κ1) is 23.2. The Labute approximate surface area is 198 Å². The van der Waals surface area contributed by atoms with E-state index in [-0.39, 0.29) is 12.2 Å². The second kappa shape index (κ2) is 9.90. The van der Waals surface area contributed by atoms with Crippen molar-refractivity contribution in [2.24, 2.45) is 0 Å². The summed E-state index contributed by atoms with van der Waals surface area (Å²) in [6, 6.07) is 9.76. The van der Waals surface area contributed by atoms with Gasteiger partial charge in [0.2, 0.25) is 5.82 Å². The topological polar surface area (TPSA) is 90.1 Å². The van der Waals surface area contributed by atoms with Gasteiger partial charge in [-0.05, 0) is 63.0 Å². The molecular weight excluding hydrogens is 494 g/mol. The lowest BCUT2D eigenvalue weighted by atomic mass is 10.2. The fraction of sp³-hybridized carbons (Fsp3) is 0.409. The largest absolute Gasteiger partial charge is 0.313 e. The first-order valence-corrected chi connectivity index (χ1v) is 11.7. The Balaban J connectivity index is 1.59. The lowest BCUT2D eigenvalue weighted by molar-refractivity contribution is -0.0232. The van der Waals surface area contributed by atoms with E-state index in [1.165, 1.54) is 0 Å². The molecule has 0 atom stereocenters. The van der Waals surface area contributed by atoms with Crippen LogP contribution in [0.5, 0.6) is 0 Å². The summed E-state index contributed by atoms with van der Waals surface area (Å²) in [5.41, 5.74) is 2.66. The first-order chi connectivity index (χ1) is 15.9. The predicted molar refractivity (Wildman–Crippen MR) is 123 cm³/mol. The minimum Gasteiger partial charge on any atom is -0.313 e. The molecule has 0 aliphatic heterocycles. The number of benzene rings is 1. The zero-order chi connectivity index (χ0) is 23.4. The lowest BCUT2D eigenvalue weighted by Crippen LogP contribution is -2.15. The maximum atomic E-state index is 14.4. The van der Waals surface area contributed by atoms with Gasteiger partial charge in [-0.25, -0.2) is 14.8 Å². The Morgan fingerprint density at radius 2 is 1.88 bits per heavy atom. The van der Waals surface area contributed by atoms with Crippen LogP contribution in [0.2, 0.25) is 0 Å². The standard InChI is InChI=1S/C22H25BrF2N8/c1-3-5-6-18-26-21(22(24,25)12-4-2)29-33(18)14-15-7-9-16(10-8-15)32-13-11-17(23)19(32)20-27-30-31-28-20/h7-11,13H,3-6,12,14H2,1-2H3,(H,27,28,30,31). The molecule has 3 heterocycles. The zero-order valence-electron chi connectivity index (χ0n) is 18.5. The summed E-state index contributed by atoms with van der Waals surface area (Å²) in [7, 11) is 0. The average molecular weight is 519 g/mol. The number of hydrogen-bond donors (Lipinski definition) is 1. The summed E-state index contributed by atoms with van der Waals surface area (Å²) in [5, 5.41) is 18.3. The third kappa shape index (κ3) is 5.02. The summed E-state index contributed by atoms with van der Waals surface area (Å²) in [6.07, 6.45) is 4.48. The number of nitrogens with zero attached hydrogens (tertiary/aromatic N) is 7. The van der Waals surface area contributed by atoms with Gasteiger partial charge in [-0.3, -0.25) is 0 Å². The molecule has 0 amide bonds. The molecule has 0 spiro atoms. The van der Waals surface area contributed by atoms with E-state index in [0.717, 1.165) is 34.3 Å². The molecule has 4 rings (SSSR count). The van der Waals surface area contributed by atoms with Crippen LogP contribution in [0.4, 0.5) is 8.78 Å². The highest BCUT2D eigenvalue weighted by atomic mass is 79.9. The minimum absolute atomic E-state index is 0.256. The number of aryl methyl sites for hydroxylation is 1. The van der Waals surface area contributed by atoms with Gasteiger partial charge in [-0.1, -0.05) is 32.4 Å². The van der Waals surface area contributed by atoms with E-state index in [1.54, 1.807) is 11.6 Å². The Morgan fingerprint density at radius 3 is 2.55 bits per heavy atom. The molecular formula is C22H25BrF2N8. The van der Waals surface area contributed by atoms with Crippen LogP contribution in [0, 0.1) is 0 Å². The van der Waals surface area contributed by atoms with Gasteiger partial charge in [-0.2, -0.15) is 8.78 Å². The molecule has 0 radical (unpaired) electrons. The Bertz CT molecular complexity index is 1180. The molecule has 0 saturated heterocycles. The molecule has 0 aliphatic carbocycles. The fourth-order valence-electron chi connectivity index (χ4n) is 3.65. The molecule has 11 heteroatoms. The highest BCUT2D eigenvalue weighted by molar-refractivity contribution is 9.10. The van der Waals surface area contributed by atoms with Crippen molar-refractivity contribution in [2.45, 2.75) is 58.4 Å². The van der Waals surface area contributed by atoms with Crippen LogP contribution in [0.25, 0.3) is 17.2 Å². The van der Waals surface area contributed by atoms with Gasteiger partial charge in [0, 0.05) is 29.2 Å². The number of rotatable bonds is 10. The third-order valence-corrected chi connectivity index (χ3v) is 5.99. The second-order valence-electron chi connectivity index (χ2n) is 7.87. The van der Waals surface area contributed by atoms with E-state index in [4.69, 9.17) is 0 Å². The van der Waals surface area contributed by atoms with Gasteiger partial charge >= 0.3 is 5.92 Å². The zero-order valence-corrected chi connectivity index (χ0v) is 20.1. The van der Waals surface area contributed by atoms with E-state index in [0.29, 0.717) is 31.0 Å². The number of tetrazole rings is 1. The molecule has 174 valence electrons. The number of nitrogens with one attached hydrogen (secondary N) is 1. The van der Waals surface area contributed by atoms with Gasteiger partial charge in [-0.15, -0.1) is 10.2 Å². The van der Waals surface area contributed by atoms with Gasteiger partial charge in [0.15, 0.2) is 5.82 Å². The molecule has 0 aliphatic rings. The van der Waals surface area contributed by atoms with E-state index in [9.17, 15) is 8.78 Å². The number of unbranched alkanes of at least 4 members (excludes halogenated alkanes) is 1.